The van der Waals surface area contributed by atoms with Gasteiger partial charge in [0.1, 0.15) is 5.69 Å². The van der Waals surface area contributed by atoms with E-state index in [1.165, 1.54) is 12.1 Å². The average molecular weight is 337 g/mol. The number of hydrogen-bond donors (Lipinski definition) is 2. The lowest BCUT2D eigenvalue weighted by atomic mass is 10.1. The standard InChI is InChI=1S/C18H19N5O2/c1-11-10-12(2)23(22-11)15-6-4-14(5-7-15)13(3)19-18(25)16-8-9-17(24)21-20-16/h4-10,13H,1-3H3,(H,19,25)(H,21,24). The third kappa shape index (κ3) is 3.65. The van der Waals surface area contributed by atoms with Gasteiger partial charge in [0, 0.05) is 11.8 Å². The summed E-state index contributed by atoms with van der Waals surface area (Å²) in [6, 6.07) is 12.3. The number of aromatic amines is 1. The lowest BCUT2D eigenvalue weighted by Crippen LogP contribution is -2.28. The number of rotatable bonds is 4. The summed E-state index contributed by atoms with van der Waals surface area (Å²) in [5.74, 6) is -0.341. The lowest BCUT2D eigenvalue weighted by Gasteiger charge is -2.14. The van der Waals surface area contributed by atoms with Gasteiger partial charge in [-0.3, -0.25) is 9.59 Å². The maximum atomic E-state index is 12.2. The minimum absolute atomic E-state index is 0.172. The zero-order valence-electron chi connectivity index (χ0n) is 14.3. The molecular weight excluding hydrogens is 318 g/mol. The van der Waals surface area contributed by atoms with Crippen LogP contribution in [0.1, 0.15) is 40.4 Å². The second kappa shape index (κ2) is 6.72. The second-order valence-corrected chi connectivity index (χ2v) is 5.93. The van der Waals surface area contributed by atoms with E-state index < -0.39 is 0 Å². The maximum Gasteiger partial charge on any atom is 0.272 e. The van der Waals surface area contributed by atoms with Gasteiger partial charge in [-0.2, -0.15) is 10.2 Å². The molecule has 3 aromatic rings. The van der Waals surface area contributed by atoms with Crippen molar-refractivity contribution in [2.24, 2.45) is 0 Å². The fraction of sp³-hybridized carbons (Fsp3) is 0.222. The van der Waals surface area contributed by atoms with E-state index in [9.17, 15) is 9.59 Å². The molecule has 3 rings (SSSR count). The summed E-state index contributed by atoms with van der Waals surface area (Å²) in [6.45, 7) is 5.86. The summed E-state index contributed by atoms with van der Waals surface area (Å²) < 4.78 is 1.88. The van der Waals surface area contributed by atoms with Crippen LogP contribution < -0.4 is 10.9 Å². The Balaban J connectivity index is 1.73. The van der Waals surface area contributed by atoms with Gasteiger partial charge in [0.05, 0.1) is 17.4 Å². The molecule has 2 aromatic heterocycles. The highest BCUT2D eigenvalue weighted by molar-refractivity contribution is 5.92. The van der Waals surface area contributed by atoms with Crippen LogP contribution in [0.25, 0.3) is 5.69 Å². The van der Waals surface area contributed by atoms with Gasteiger partial charge in [0.25, 0.3) is 11.5 Å². The van der Waals surface area contributed by atoms with E-state index in [0.29, 0.717) is 0 Å². The predicted molar refractivity (Wildman–Crippen MR) is 93.8 cm³/mol. The number of carbonyl (C=O) groups excluding carboxylic acids is 1. The van der Waals surface area contributed by atoms with Crippen molar-refractivity contribution < 1.29 is 4.79 Å². The molecule has 0 bridgehead atoms. The van der Waals surface area contributed by atoms with Crippen LogP contribution in [-0.4, -0.2) is 25.9 Å². The van der Waals surface area contributed by atoms with E-state index in [4.69, 9.17) is 0 Å². The number of H-pyrrole nitrogens is 1. The topological polar surface area (TPSA) is 92.7 Å². The summed E-state index contributed by atoms with van der Waals surface area (Å²) in [5.41, 5.74) is 3.79. The number of amides is 1. The smallest absolute Gasteiger partial charge is 0.272 e. The molecule has 2 heterocycles. The number of nitrogens with zero attached hydrogens (tertiary/aromatic N) is 3. The molecule has 1 aromatic carbocycles. The molecule has 1 atom stereocenters. The van der Waals surface area contributed by atoms with Crippen LogP contribution in [0, 0.1) is 13.8 Å². The molecule has 0 saturated heterocycles. The number of nitrogens with one attached hydrogen (secondary N) is 2. The first kappa shape index (κ1) is 16.6. The van der Waals surface area contributed by atoms with Crippen LogP contribution in [0.2, 0.25) is 0 Å². The molecule has 0 fully saturated rings. The van der Waals surface area contributed by atoms with Crippen LogP contribution in [0.3, 0.4) is 0 Å². The van der Waals surface area contributed by atoms with Gasteiger partial charge in [-0.25, -0.2) is 9.78 Å². The third-order valence-corrected chi connectivity index (χ3v) is 3.91. The lowest BCUT2D eigenvalue weighted by molar-refractivity contribution is 0.0933. The molecule has 1 unspecified atom stereocenters. The number of aromatic nitrogens is 4. The van der Waals surface area contributed by atoms with Crippen LogP contribution >= 0.6 is 0 Å². The number of carbonyl (C=O) groups is 1. The van der Waals surface area contributed by atoms with Crippen molar-refractivity contribution in [3.8, 4) is 5.69 Å². The van der Waals surface area contributed by atoms with Gasteiger partial charge in [0.15, 0.2) is 0 Å². The first-order chi connectivity index (χ1) is 11.9. The van der Waals surface area contributed by atoms with Gasteiger partial charge < -0.3 is 5.32 Å². The van der Waals surface area contributed by atoms with Crippen molar-refractivity contribution in [2.75, 3.05) is 0 Å². The Kier molecular flexibility index (Phi) is 4.47. The van der Waals surface area contributed by atoms with Crippen molar-refractivity contribution >= 4 is 5.91 Å². The fourth-order valence-corrected chi connectivity index (χ4v) is 2.62. The van der Waals surface area contributed by atoms with E-state index in [0.717, 1.165) is 22.6 Å². The Labute approximate surface area is 144 Å². The summed E-state index contributed by atoms with van der Waals surface area (Å²) in [6.07, 6.45) is 0. The van der Waals surface area contributed by atoms with Crippen molar-refractivity contribution in [3.63, 3.8) is 0 Å². The van der Waals surface area contributed by atoms with E-state index in [-0.39, 0.29) is 23.2 Å². The average Bonchev–Trinajstić information content (AvgIpc) is 2.94. The molecule has 7 heteroatoms. The minimum Gasteiger partial charge on any atom is -0.344 e. The van der Waals surface area contributed by atoms with E-state index in [1.807, 2.05) is 55.8 Å². The number of benzene rings is 1. The van der Waals surface area contributed by atoms with Gasteiger partial charge >= 0.3 is 0 Å². The zero-order chi connectivity index (χ0) is 18.0. The highest BCUT2D eigenvalue weighted by Crippen LogP contribution is 2.17. The molecule has 7 nitrogen and oxygen atoms in total. The molecule has 128 valence electrons. The van der Waals surface area contributed by atoms with E-state index in [1.54, 1.807) is 0 Å². The number of hydrogen-bond acceptors (Lipinski definition) is 4. The molecule has 1 amide bonds. The van der Waals surface area contributed by atoms with E-state index in [2.05, 4.69) is 20.6 Å². The van der Waals surface area contributed by atoms with Crippen molar-refractivity contribution in [2.45, 2.75) is 26.8 Å². The molecule has 25 heavy (non-hydrogen) atoms. The zero-order valence-corrected chi connectivity index (χ0v) is 14.3. The van der Waals surface area contributed by atoms with Crippen molar-refractivity contribution in [1.82, 2.24) is 25.3 Å². The molecule has 0 aliphatic heterocycles. The quantitative estimate of drug-likeness (QED) is 0.762. The summed E-state index contributed by atoms with van der Waals surface area (Å²) in [7, 11) is 0. The molecule has 0 spiro atoms. The molecule has 0 radical (unpaired) electrons. The van der Waals surface area contributed by atoms with E-state index >= 15 is 0 Å². The summed E-state index contributed by atoms with van der Waals surface area (Å²) in [4.78, 5) is 23.2. The maximum absolute atomic E-state index is 12.2. The second-order valence-electron chi connectivity index (χ2n) is 5.93. The normalized spacial score (nSPS) is 12.0. The van der Waals surface area contributed by atoms with Crippen LogP contribution in [0.5, 0.6) is 0 Å². The van der Waals surface area contributed by atoms with Crippen molar-refractivity contribution in [3.05, 3.63) is 75.5 Å². The Morgan fingerprint density at radius 1 is 1.16 bits per heavy atom. The van der Waals surface area contributed by atoms with Gasteiger partial charge in [-0.05, 0) is 50.6 Å². The van der Waals surface area contributed by atoms with Gasteiger partial charge in [-0.15, -0.1) is 0 Å². The first-order valence-corrected chi connectivity index (χ1v) is 7.94. The summed E-state index contributed by atoms with van der Waals surface area (Å²) >= 11 is 0. The molecule has 2 N–H and O–H groups in total. The Hall–Kier alpha value is -3.22. The largest absolute Gasteiger partial charge is 0.344 e. The number of aryl methyl sites for hydroxylation is 2. The van der Waals surface area contributed by atoms with Crippen molar-refractivity contribution in [1.29, 1.82) is 0 Å². The fourth-order valence-electron chi connectivity index (χ4n) is 2.62. The Morgan fingerprint density at radius 3 is 2.44 bits per heavy atom. The minimum atomic E-state index is -0.343. The Morgan fingerprint density at radius 2 is 1.88 bits per heavy atom. The van der Waals surface area contributed by atoms with Gasteiger partial charge in [0.2, 0.25) is 0 Å². The molecule has 0 aliphatic carbocycles. The molecular formula is C18H19N5O2. The highest BCUT2D eigenvalue weighted by Gasteiger charge is 2.13. The first-order valence-electron chi connectivity index (χ1n) is 7.94. The molecule has 0 saturated carbocycles. The van der Waals surface area contributed by atoms with Crippen LogP contribution in [0.15, 0.2) is 47.3 Å². The van der Waals surface area contributed by atoms with Crippen LogP contribution in [0.4, 0.5) is 0 Å². The summed E-state index contributed by atoms with van der Waals surface area (Å²) in [5, 5.41) is 13.3. The monoisotopic (exact) mass is 337 g/mol. The van der Waals surface area contributed by atoms with Gasteiger partial charge in [-0.1, -0.05) is 12.1 Å². The highest BCUT2D eigenvalue weighted by atomic mass is 16.2. The third-order valence-electron chi connectivity index (χ3n) is 3.91. The molecule has 0 aliphatic rings. The van der Waals surface area contributed by atoms with Crippen LogP contribution in [-0.2, 0) is 0 Å². The predicted octanol–water partition coefficient (Wildman–Crippen LogP) is 2.06. The SMILES string of the molecule is Cc1cc(C)n(-c2ccc(C(C)NC(=O)c3ccc(=O)[nH]n3)cc2)n1. The Bertz CT molecular complexity index is 936.